The van der Waals surface area contributed by atoms with E-state index in [0.29, 0.717) is 18.0 Å². The highest BCUT2D eigenvalue weighted by molar-refractivity contribution is 6.31. The van der Waals surface area contributed by atoms with Crippen molar-refractivity contribution in [2.24, 2.45) is 5.92 Å². The van der Waals surface area contributed by atoms with E-state index in [2.05, 4.69) is 5.32 Å². The first-order valence-corrected chi connectivity index (χ1v) is 5.37. The van der Waals surface area contributed by atoms with Crippen LogP contribution >= 0.6 is 11.6 Å². The third-order valence-corrected chi connectivity index (χ3v) is 3.15. The van der Waals surface area contributed by atoms with Gasteiger partial charge in [-0.15, -0.1) is 0 Å². The smallest absolute Gasteiger partial charge is 0.307 e. The third-order valence-electron chi connectivity index (χ3n) is 2.82. The Morgan fingerprint density at radius 2 is 2.31 bits per heavy atom. The predicted molar refractivity (Wildman–Crippen MR) is 57.9 cm³/mol. The first-order chi connectivity index (χ1) is 7.58. The normalized spacial score (nSPS) is 24.6. The van der Waals surface area contributed by atoms with Crippen molar-refractivity contribution in [2.75, 3.05) is 6.54 Å². The molecule has 1 aromatic rings. The van der Waals surface area contributed by atoms with E-state index in [4.69, 9.17) is 16.7 Å². The average molecular weight is 244 g/mol. The van der Waals surface area contributed by atoms with E-state index in [0.717, 1.165) is 5.56 Å². The maximum absolute atomic E-state index is 12.8. The number of halogens is 2. The third kappa shape index (κ3) is 2.18. The van der Waals surface area contributed by atoms with E-state index in [-0.39, 0.29) is 11.9 Å². The van der Waals surface area contributed by atoms with Crippen LogP contribution in [0.5, 0.6) is 0 Å². The van der Waals surface area contributed by atoms with Gasteiger partial charge in [-0.3, -0.25) is 4.79 Å². The van der Waals surface area contributed by atoms with Gasteiger partial charge in [-0.1, -0.05) is 17.7 Å². The minimum atomic E-state index is -0.812. The van der Waals surface area contributed by atoms with Crippen molar-refractivity contribution in [3.8, 4) is 0 Å². The number of aliphatic carboxylic acids is 1. The molecule has 3 nitrogen and oxygen atoms in total. The Hall–Kier alpha value is -1.13. The summed E-state index contributed by atoms with van der Waals surface area (Å²) in [6, 6.07) is 4.07. The largest absolute Gasteiger partial charge is 0.481 e. The molecule has 2 rings (SSSR count). The first-order valence-electron chi connectivity index (χ1n) is 4.99. The fraction of sp³-hybridized carbons (Fsp3) is 0.364. The molecule has 16 heavy (non-hydrogen) atoms. The zero-order valence-electron chi connectivity index (χ0n) is 8.41. The van der Waals surface area contributed by atoms with Gasteiger partial charge in [0.15, 0.2) is 0 Å². The summed E-state index contributed by atoms with van der Waals surface area (Å²) < 4.78 is 12.8. The quantitative estimate of drug-likeness (QED) is 0.837. The van der Waals surface area contributed by atoms with E-state index < -0.39 is 11.9 Å². The lowest BCUT2D eigenvalue weighted by atomic mass is 10.0. The van der Waals surface area contributed by atoms with Crippen molar-refractivity contribution < 1.29 is 14.3 Å². The van der Waals surface area contributed by atoms with Crippen LogP contribution in [0.1, 0.15) is 18.0 Å². The molecule has 0 aromatic heterocycles. The average Bonchev–Trinajstić information content (AvgIpc) is 2.66. The Bertz CT molecular complexity index is 424. The van der Waals surface area contributed by atoms with Crippen LogP contribution in [-0.2, 0) is 4.79 Å². The summed E-state index contributed by atoms with van der Waals surface area (Å²) in [5.74, 6) is -1.60. The van der Waals surface area contributed by atoms with Crippen LogP contribution in [-0.4, -0.2) is 17.6 Å². The number of nitrogens with one attached hydrogen (secondary N) is 1. The summed E-state index contributed by atoms with van der Waals surface area (Å²) >= 11 is 5.91. The lowest BCUT2D eigenvalue weighted by Gasteiger charge is -2.12. The van der Waals surface area contributed by atoms with E-state index >= 15 is 0 Å². The van der Waals surface area contributed by atoms with E-state index in [1.807, 2.05) is 0 Å². The second kappa shape index (κ2) is 4.39. The van der Waals surface area contributed by atoms with Crippen LogP contribution in [0.3, 0.4) is 0 Å². The zero-order chi connectivity index (χ0) is 11.7. The molecule has 0 spiro atoms. The zero-order valence-corrected chi connectivity index (χ0v) is 9.17. The summed E-state index contributed by atoms with van der Waals surface area (Å²) in [4.78, 5) is 10.8. The van der Waals surface area contributed by atoms with Crippen LogP contribution in [0, 0.1) is 11.7 Å². The molecule has 1 saturated heterocycles. The van der Waals surface area contributed by atoms with Gasteiger partial charge in [0.05, 0.1) is 5.92 Å². The maximum atomic E-state index is 12.8. The van der Waals surface area contributed by atoms with E-state index in [9.17, 15) is 9.18 Å². The van der Waals surface area contributed by atoms with E-state index in [1.54, 1.807) is 6.07 Å². The number of carboxylic acid groups (broad SMARTS) is 1. The number of rotatable bonds is 2. The van der Waals surface area contributed by atoms with Crippen molar-refractivity contribution in [3.63, 3.8) is 0 Å². The molecule has 2 atom stereocenters. The van der Waals surface area contributed by atoms with Crippen molar-refractivity contribution in [1.82, 2.24) is 5.32 Å². The van der Waals surface area contributed by atoms with Crippen LogP contribution in [0.2, 0.25) is 5.02 Å². The van der Waals surface area contributed by atoms with Gasteiger partial charge in [0.2, 0.25) is 0 Å². The maximum Gasteiger partial charge on any atom is 0.307 e. The number of carbonyl (C=O) groups is 1. The molecule has 1 aromatic carbocycles. The Kier molecular flexibility index (Phi) is 3.12. The van der Waals surface area contributed by atoms with Gasteiger partial charge in [0, 0.05) is 17.6 Å². The molecule has 1 aliphatic heterocycles. The van der Waals surface area contributed by atoms with Gasteiger partial charge >= 0.3 is 5.97 Å². The number of carboxylic acids is 1. The lowest BCUT2D eigenvalue weighted by Crippen LogP contribution is -2.17. The van der Waals surface area contributed by atoms with Crippen LogP contribution in [0.4, 0.5) is 4.39 Å². The van der Waals surface area contributed by atoms with Gasteiger partial charge in [0.25, 0.3) is 0 Å². The number of hydrogen-bond acceptors (Lipinski definition) is 2. The van der Waals surface area contributed by atoms with Crippen LogP contribution < -0.4 is 5.32 Å². The monoisotopic (exact) mass is 243 g/mol. The fourth-order valence-corrected chi connectivity index (χ4v) is 2.24. The van der Waals surface area contributed by atoms with Gasteiger partial charge in [0.1, 0.15) is 5.82 Å². The first kappa shape index (κ1) is 11.4. The van der Waals surface area contributed by atoms with Gasteiger partial charge in [-0.2, -0.15) is 0 Å². The van der Waals surface area contributed by atoms with Gasteiger partial charge in [-0.25, -0.2) is 4.39 Å². The van der Waals surface area contributed by atoms with Crippen LogP contribution in [0.25, 0.3) is 0 Å². The van der Waals surface area contributed by atoms with Crippen molar-refractivity contribution >= 4 is 17.6 Å². The second-order valence-electron chi connectivity index (χ2n) is 3.90. The summed E-state index contributed by atoms with van der Waals surface area (Å²) in [5, 5.41) is 12.3. The summed E-state index contributed by atoms with van der Waals surface area (Å²) in [6.07, 6.45) is 0.487. The summed E-state index contributed by atoms with van der Waals surface area (Å²) in [7, 11) is 0. The van der Waals surface area contributed by atoms with E-state index in [1.165, 1.54) is 12.1 Å². The molecular formula is C11H11ClFNO2. The molecule has 0 saturated carbocycles. The second-order valence-corrected chi connectivity index (χ2v) is 4.30. The van der Waals surface area contributed by atoms with Crippen molar-refractivity contribution in [3.05, 3.63) is 34.6 Å². The predicted octanol–water partition coefficient (Wildman–Crippen LogP) is 2.21. The molecule has 0 bridgehead atoms. The molecule has 0 radical (unpaired) electrons. The van der Waals surface area contributed by atoms with Crippen molar-refractivity contribution in [2.45, 2.75) is 12.5 Å². The Labute approximate surface area is 97.2 Å². The molecule has 1 fully saturated rings. The fourth-order valence-electron chi connectivity index (χ4n) is 1.94. The molecule has 86 valence electrons. The summed E-state index contributed by atoms with van der Waals surface area (Å²) in [6.45, 7) is 0.424. The molecular weight excluding hydrogens is 233 g/mol. The molecule has 1 aliphatic rings. The highest BCUT2D eigenvalue weighted by Crippen LogP contribution is 2.32. The Morgan fingerprint density at radius 3 is 2.88 bits per heavy atom. The number of benzene rings is 1. The topological polar surface area (TPSA) is 49.3 Å². The minimum absolute atomic E-state index is 0.103. The molecule has 2 unspecified atom stereocenters. The SMILES string of the molecule is O=C(O)C1CNC(c2ccc(F)cc2Cl)C1. The van der Waals surface area contributed by atoms with Crippen LogP contribution in [0.15, 0.2) is 18.2 Å². The Morgan fingerprint density at radius 1 is 1.56 bits per heavy atom. The Balaban J connectivity index is 2.17. The molecule has 5 heteroatoms. The molecule has 0 aliphatic carbocycles. The standard InChI is InChI=1S/C11H11ClFNO2/c12-9-4-7(13)1-2-8(9)10-3-6(5-14-10)11(15)16/h1-2,4,6,10,14H,3,5H2,(H,15,16). The van der Waals surface area contributed by atoms with Gasteiger partial charge in [-0.05, 0) is 24.1 Å². The molecule has 0 amide bonds. The molecule has 1 heterocycles. The number of hydrogen-bond donors (Lipinski definition) is 2. The minimum Gasteiger partial charge on any atom is -0.481 e. The molecule has 2 N–H and O–H groups in total. The highest BCUT2D eigenvalue weighted by atomic mass is 35.5. The van der Waals surface area contributed by atoms with Gasteiger partial charge < -0.3 is 10.4 Å². The highest BCUT2D eigenvalue weighted by Gasteiger charge is 2.31. The summed E-state index contributed by atoms with van der Waals surface area (Å²) in [5.41, 5.74) is 0.756. The lowest BCUT2D eigenvalue weighted by molar-refractivity contribution is -0.141. The van der Waals surface area contributed by atoms with Crippen molar-refractivity contribution in [1.29, 1.82) is 0 Å².